The second-order valence-electron chi connectivity index (χ2n) is 10.5. The zero-order valence-corrected chi connectivity index (χ0v) is 21.2. The summed E-state index contributed by atoms with van der Waals surface area (Å²) < 4.78 is 5.38. The van der Waals surface area contributed by atoms with Crippen molar-refractivity contribution in [3.63, 3.8) is 0 Å². The summed E-state index contributed by atoms with van der Waals surface area (Å²) in [6.45, 7) is 0.411. The van der Waals surface area contributed by atoms with Gasteiger partial charge < -0.3 is 15.2 Å². The zero-order valence-electron chi connectivity index (χ0n) is 21.2. The van der Waals surface area contributed by atoms with Gasteiger partial charge in [0.05, 0.1) is 19.3 Å². The van der Waals surface area contributed by atoms with Crippen LogP contribution in [0.25, 0.3) is 0 Å². The van der Waals surface area contributed by atoms with Gasteiger partial charge in [-0.25, -0.2) is 0 Å². The Morgan fingerprint density at radius 2 is 1.92 bits per heavy atom. The molecule has 0 radical (unpaired) electrons. The molecule has 1 heterocycles. The number of benzene rings is 2. The van der Waals surface area contributed by atoms with Gasteiger partial charge in [0.1, 0.15) is 5.66 Å². The van der Waals surface area contributed by atoms with Crippen molar-refractivity contribution >= 4 is 5.91 Å². The molecule has 1 saturated heterocycles. The van der Waals surface area contributed by atoms with Crippen molar-refractivity contribution in [2.24, 2.45) is 5.92 Å². The molecule has 3 aliphatic rings. The first-order chi connectivity index (χ1) is 17.6. The molecule has 0 spiro atoms. The van der Waals surface area contributed by atoms with Crippen LogP contribution in [-0.2, 0) is 28.3 Å². The van der Waals surface area contributed by atoms with E-state index in [4.69, 9.17) is 9.57 Å². The number of fused-ring (bicyclic) bond motifs is 1. The number of methoxy groups -OCH3 is 1. The lowest BCUT2D eigenvalue weighted by Crippen LogP contribution is -2.53. The molecular formula is C29H39N3O4. The molecule has 7 heteroatoms. The van der Waals surface area contributed by atoms with Gasteiger partial charge in [-0.3, -0.25) is 14.9 Å². The van der Waals surface area contributed by atoms with Crippen LogP contribution in [0.4, 0.5) is 0 Å². The Morgan fingerprint density at radius 1 is 1.11 bits per heavy atom. The van der Waals surface area contributed by atoms with Crippen LogP contribution < -0.4 is 16.1 Å². The van der Waals surface area contributed by atoms with E-state index in [1.165, 1.54) is 48.8 Å². The van der Waals surface area contributed by atoms with Crippen LogP contribution in [0.5, 0.6) is 0 Å². The molecule has 2 unspecified atom stereocenters. The number of carbonyl (C=O) groups excluding carboxylic acids is 1. The summed E-state index contributed by atoms with van der Waals surface area (Å²) >= 11 is 0. The van der Waals surface area contributed by atoms with Crippen molar-refractivity contribution in [3.8, 4) is 0 Å². The van der Waals surface area contributed by atoms with Gasteiger partial charge >= 0.3 is 0 Å². The second-order valence-corrected chi connectivity index (χ2v) is 10.5. The molecule has 5 rings (SSSR count). The molecule has 3 atom stereocenters. The summed E-state index contributed by atoms with van der Waals surface area (Å²) in [6, 6.07) is 13.9. The lowest BCUT2D eigenvalue weighted by molar-refractivity contribution is -0.0331. The minimum absolute atomic E-state index is 0.0151. The highest BCUT2D eigenvalue weighted by molar-refractivity contribution is 5.94. The molecule has 2 aromatic rings. The van der Waals surface area contributed by atoms with Crippen molar-refractivity contribution in [1.29, 1.82) is 0 Å². The normalized spacial score (nSPS) is 26.8. The van der Waals surface area contributed by atoms with Gasteiger partial charge in [0.15, 0.2) is 6.23 Å². The Kier molecular flexibility index (Phi) is 8.03. The van der Waals surface area contributed by atoms with Crippen LogP contribution in [0.3, 0.4) is 0 Å². The summed E-state index contributed by atoms with van der Waals surface area (Å²) in [4.78, 5) is 18.9. The maximum atomic E-state index is 12.9. The van der Waals surface area contributed by atoms with E-state index in [2.05, 4.69) is 34.3 Å². The summed E-state index contributed by atoms with van der Waals surface area (Å²) in [5.41, 5.74) is 7.97. The highest BCUT2D eigenvalue weighted by atomic mass is 16.7. The average Bonchev–Trinajstić information content (AvgIpc) is 3.49. The first-order valence-electron chi connectivity index (χ1n) is 13.5. The molecule has 2 aromatic carbocycles. The maximum Gasteiger partial charge on any atom is 0.251 e. The summed E-state index contributed by atoms with van der Waals surface area (Å²) in [5, 5.41) is 16.4. The van der Waals surface area contributed by atoms with Gasteiger partial charge in [-0.05, 0) is 66.0 Å². The van der Waals surface area contributed by atoms with Crippen LogP contribution in [0, 0.1) is 5.92 Å². The fourth-order valence-corrected chi connectivity index (χ4v) is 6.24. The monoisotopic (exact) mass is 493 g/mol. The van der Waals surface area contributed by atoms with Crippen molar-refractivity contribution in [3.05, 3.63) is 70.3 Å². The van der Waals surface area contributed by atoms with Crippen molar-refractivity contribution in [2.45, 2.75) is 82.3 Å². The number of aliphatic hydroxyl groups is 1. The Bertz CT molecular complexity index is 1050. The lowest BCUT2D eigenvalue weighted by Gasteiger charge is -2.38. The number of aryl methyl sites for hydroxylation is 1. The number of carbonyl (C=O) groups is 1. The Hall–Kier alpha value is -2.29. The van der Waals surface area contributed by atoms with Gasteiger partial charge in [-0.15, -0.1) is 0 Å². The average molecular weight is 494 g/mol. The van der Waals surface area contributed by atoms with E-state index in [0.717, 1.165) is 31.2 Å². The van der Waals surface area contributed by atoms with Gasteiger partial charge in [0.25, 0.3) is 5.91 Å². The molecule has 1 saturated carbocycles. The standard InChI is InChI=1S/C29H39N3O4/c1-35-19-27-31-29(32-36-27,23-10-5-3-2-4-6-11-23)24-13-14-25-21(17-24)12-15-26(25)30-28(34)22-9-7-8-20(16-22)18-33/h7-9,13-14,16-17,23,26-27,31-33H,2-6,10-12,15,18-19H2,1H3,(H,30,34)/t26-,27?,29?/m1/s1. The predicted molar refractivity (Wildman–Crippen MR) is 138 cm³/mol. The molecule has 194 valence electrons. The minimum Gasteiger partial charge on any atom is -0.392 e. The number of rotatable bonds is 7. The van der Waals surface area contributed by atoms with E-state index in [1.807, 2.05) is 12.1 Å². The molecule has 7 nitrogen and oxygen atoms in total. The molecule has 1 amide bonds. The van der Waals surface area contributed by atoms with E-state index >= 15 is 0 Å². The highest BCUT2D eigenvalue weighted by Crippen LogP contribution is 2.41. The fourth-order valence-electron chi connectivity index (χ4n) is 6.24. The first kappa shape index (κ1) is 25.4. The summed E-state index contributed by atoms with van der Waals surface area (Å²) in [7, 11) is 1.70. The topological polar surface area (TPSA) is 91.9 Å². The number of hydrogen-bond acceptors (Lipinski definition) is 6. The maximum absolute atomic E-state index is 12.9. The quantitative estimate of drug-likeness (QED) is 0.462. The van der Waals surface area contributed by atoms with Gasteiger partial charge in [-0.1, -0.05) is 62.4 Å². The molecule has 1 aliphatic heterocycles. The number of hydroxylamine groups is 1. The van der Waals surface area contributed by atoms with Crippen LogP contribution in [0.2, 0.25) is 0 Å². The van der Waals surface area contributed by atoms with E-state index in [1.54, 1.807) is 19.2 Å². The fraction of sp³-hybridized carbons (Fsp3) is 0.552. The largest absolute Gasteiger partial charge is 0.392 e. The highest BCUT2D eigenvalue weighted by Gasteiger charge is 2.47. The zero-order chi connectivity index (χ0) is 25.0. The molecule has 0 aromatic heterocycles. The van der Waals surface area contributed by atoms with Gasteiger partial charge in [0.2, 0.25) is 0 Å². The van der Waals surface area contributed by atoms with Crippen molar-refractivity contribution < 1.29 is 19.5 Å². The predicted octanol–water partition coefficient (Wildman–Crippen LogP) is 4.21. The Morgan fingerprint density at radius 3 is 2.69 bits per heavy atom. The van der Waals surface area contributed by atoms with Crippen LogP contribution in [0.1, 0.15) is 90.0 Å². The SMILES string of the molecule is COCC1NC(c2ccc3c(c2)CC[C@H]3NC(=O)c2cccc(CO)c2)(C2CCCCCCC2)NO1. The molecular weight excluding hydrogens is 454 g/mol. The van der Waals surface area contributed by atoms with Crippen LogP contribution in [0.15, 0.2) is 42.5 Å². The smallest absolute Gasteiger partial charge is 0.251 e. The van der Waals surface area contributed by atoms with Crippen molar-refractivity contribution in [1.82, 2.24) is 16.1 Å². The van der Waals surface area contributed by atoms with Gasteiger partial charge in [0, 0.05) is 12.7 Å². The number of ether oxygens (including phenoxy) is 1. The van der Waals surface area contributed by atoms with Crippen molar-refractivity contribution in [2.75, 3.05) is 13.7 Å². The molecule has 2 fully saturated rings. The lowest BCUT2D eigenvalue weighted by atomic mass is 9.77. The number of hydrogen-bond donors (Lipinski definition) is 4. The molecule has 0 bridgehead atoms. The molecule has 4 N–H and O–H groups in total. The number of nitrogens with one attached hydrogen (secondary N) is 3. The Balaban J connectivity index is 1.38. The van der Waals surface area contributed by atoms with Crippen LogP contribution in [-0.4, -0.2) is 31.0 Å². The summed E-state index contributed by atoms with van der Waals surface area (Å²) in [5.74, 6) is 0.321. The molecule has 2 aliphatic carbocycles. The minimum atomic E-state index is -0.443. The van der Waals surface area contributed by atoms with Crippen LogP contribution >= 0.6 is 0 Å². The number of aliphatic hydroxyl groups excluding tert-OH is 1. The Labute approximate surface area is 213 Å². The first-order valence-corrected chi connectivity index (χ1v) is 13.5. The third-order valence-electron chi connectivity index (χ3n) is 8.14. The molecule has 36 heavy (non-hydrogen) atoms. The van der Waals surface area contributed by atoms with E-state index in [-0.39, 0.29) is 24.8 Å². The van der Waals surface area contributed by atoms with Gasteiger partial charge in [-0.2, -0.15) is 5.48 Å². The second kappa shape index (κ2) is 11.4. The van der Waals surface area contributed by atoms with E-state index in [0.29, 0.717) is 18.1 Å². The third kappa shape index (κ3) is 5.22. The van der Waals surface area contributed by atoms with E-state index in [9.17, 15) is 9.90 Å². The number of amides is 1. The van der Waals surface area contributed by atoms with E-state index < -0.39 is 5.66 Å². The third-order valence-corrected chi connectivity index (χ3v) is 8.14. The summed E-state index contributed by atoms with van der Waals surface area (Å²) in [6.07, 6.45) is 10.3.